The highest BCUT2D eigenvalue weighted by Crippen LogP contribution is 2.49. The molecule has 4 bridgehead atoms. The number of nitrogens with one attached hydrogen (secondary N) is 2. The van der Waals surface area contributed by atoms with Crippen LogP contribution in [0.2, 0.25) is 0 Å². The number of nitrogens with zero attached hydrogens (tertiary/aromatic N) is 2. The average molecular weight is 443 g/mol. The third-order valence-electron chi connectivity index (χ3n) is 8.82. The van der Waals surface area contributed by atoms with E-state index in [0.717, 1.165) is 60.8 Å². The van der Waals surface area contributed by atoms with Crippen LogP contribution in [0, 0.1) is 35.5 Å². The number of rotatable bonds is 11. The highest BCUT2D eigenvalue weighted by molar-refractivity contribution is 5.87. The van der Waals surface area contributed by atoms with Crippen molar-refractivity contribution in [2.45, 2.75) is 104 Å². The Bertz CT molecular complexity index is 684. The van der Waals surface area contributed by atoms with Gasteiger partial charge in [0.25, 0.3) is 0 Å². The maximum atomic E-state index is 12.1. The Balaban J connectivity index is 1.02. The highest BCUT2D eigenvalue weighted by atomic mass is 16.2. The minimum absolute atomic E-state index is 0.00989. The van der Waals surface area contributed by atoms with Gasteiger partial charge < -0.3 is 0 Å². The van der Waals surface area contributed by atoms with Crippen molar-refractivity contribution in [1.82, 2.24) is 10.9 Å². The zero-order valence-electron chi connectivity index (χ0n) is 20.1. The van der Waals surface area contributed by atoms with Crippen LogP contribution in [-0.2, 0) is 9.59 Å². The molecule has 2 amide bonds. The first-order valence-electron chi connectivity index (χ1n) is 13.2. The van der Waals surface area contributed by atoms with Gasteiger partial charge in [0.2, 0.25) is 11.8 Å². The normalized spacial score (nSPS) is 33.7. The molecule has 4 fully saturated rings. The minimum Gasteiger partial charge on any atom is -0.273 e. The maximum Gasteiger partial charge on any atom is 0.240 e. The molecule has 4 rings (SSSR count). The van der Waals surface area contributed by atoms with Crippen molar-refractivity contribution in [2.75, 3.05) is 0 Å². The molecule has 32 heavy (non-hydrogen) atoms. The van der Waals surface area contributed by atoms with Crippen molar-refractivity contribution in [3.8, 4) is 0 Å². The first kappa shape index (κ1) is 23.4. The molecule has 0 aromatic rings. The number of carbonyl (C=O) groups is 2. The van der Waals surface area contributed by atoms with E-state index in [0.29, 0.717) is 24.7 Å². The van der Waals surface area contributed by atoms with Gasteiger partial charge in [0.1, 0.15) is 0 Å². The topological polar surface area (TPSA) is 82.9 Å². The predicted molar refractivity (Wildman–Crippen MR) is 128 cm³/mol. The van der Waals surface area contributed by atoms with Gasteiger partial charge >= 0.3 is 0 Å². The molecule has 0 spiro atoms. The van der Waals surface area contributed by atoms with Crippen LogP contribution in [-0.4, -0.2) is 23.2 Å². The Morgan fingerprint density at radius 2 is 1.09 bits per heavy atom. The molecule has 2 N–H and O–H groups in total. The number of hydrazone groups is 2. The summed E-state index contributed by atoms with van der Waals surface area (Å²) in [4.78, 5) is 24.1. The third-order valence-corrected chi connectivity index (χ3v) is 8.82. The van der Waals surface area contributed by atoms with Crippen LogP contribution in [0.25, 0.3) is 0 Å². The second kappa shape index (κ2) is 10.9. The average Bonchev–Trinajstić information content (AvgIpc) is 3.59. The van der Waals surface area contributed by atoms with Gasteiger partial charge in [-0.2, -0.15) is 10.2 Å². The van der Waals surface area contributed by atoms with E-state index in [1.165, 1.54) is 51.4 Å². The molecule has 0 aromatic carbocycles. The van der Waals surface area contributed by atoms with E-state index >= 15 is 0 Å². The highest BCUT2D eigenvalue weighted by Gasteiger charge is 2.41. The lowest BCUT2D eigenvalue weighted by atomic mass is 9.86. The van der Waals surface area contributed by atoms with E-state index in [9.17, 15) is 9.59 Å². The number of carbonyl (C=O) groups excluding carboxylic acids is 2. The van der Waals surface area contributed by atoms with Crippen molar-refractivity contribution in [3.05, 3.63) is 0 Å². The Labute approximate surface area is 193 Å². The standard InChI is InChI=1S/C26H42N4O2/c1-17(23-15-19-9-11-21(23)13-19)27-29-25(31)7-5-3-4-6-8-26(32)30-28-18(2)24-16-20-10-12-22(24)14-20/h19-24H,3-16H2,1-2H3,(H,29,31)(H,30,32). The molecule has 6 heteroatoms. The van der Waals surface area contributed by atoms with Crippen molar-refractivity contribution in [2.24, 2.45) is 45.7 Å². The second-order valence-corrected chi connectivity index (χ2v) is 11.1. The predicted octanol–water partition coefficient (Wildman–Crippen LogP) is 5.18. The summed E-state index contributed by atoms with van der Waals surface area (Å²) in [5.74, 6) is 4.57. The summed E-state index contributed by atoms with van der Waals surface area (Å²) in [5, 5.41) is 8.78. The van der Waals surface area contributed by atoms with Crippen molar-refractivity contribution in [1.29, 1.82) is 0 Å². The lowest BCUT2D eigenvalue weighted by Crippen LogP contribution is -2.24. The van der Waals surface area contributed by atoms with Gasteiger partial charge in [-0.25, -0.2) is 10.9 Å². The number of unbranched alkanes of at least 4 members (excludes halogenated alkanes) is 3. The van der Waals surface area contributed by atoms with Crippen molar-refractivity contribution in [3.63, 3.8) is 0 Å². The van der Waals surface area contributed by atoms with E-state index in [1.54, 1.807) is 0 Å². The summed E-state index contributed by atoms with van der Waals surface area (Å²) in [6, 6.07) is 0. The number of fused-ring (bicyclic) bond motifs is 4. The molecule has 0 aliphatic heterocycles. The first-order chi connectivity index (χ1) is 15.5. The maximum absolute atomic E-state index is 12.1. The van der Waals surface area contributed by atoms with Crippen LogP contribution < -0.4 is 10.9 Å². The molecule has 178 valence electrons. The van der Waals surface area contributed by atoms with E-state index in [4.69, 9.17) is 0 Å². The van der Waals surface area contributed by atoms with Gasteiger partial charge in [0, 0.05) is 36.1 Å². The molecule has 6 unspecified atom stereocenters. The Morgan fingerprint density at radius 1 is 0.656 bits per heavy atom. The fourth-order valence-electron chi connectivity index (χ4n) is 7.02. The summed E-state index contributed by atoms with van der Waals surface area (Å²) in [7, 11) is 0. The van der Waals surface area contributed by atoms with Gasteiger partial charge in [-0.1, -0.05) is 25.7 Å². The molecular formula is C26H42N4O2. The van der Waals surface area contributed by atoms with Gasteiger partial charge in [0.15, 0.2) is 0 Å². The van der Waals surface area contributed by atoms with Crippen LogP contribution in [0.5, 0.6) is 0 Å². The van der Waals surface area contributed by atoms with E-state index in [2.05, 4.69) is 34.9 Å². The van der Waals surface area contributed by atoms with Gasteiger partial charge in [-0.3, -0.25) is 9.59 Å². The molecule has 4 saturated carbocycles. The van der Waals surface area contributed by atoms with Crippen LogP contribution >= 0.6 is 0 Å². The number of amides is 2. The Hall–Kier alpha value is -1.72. The zero-order valence-corrected chi connectivity index (χ0v) is 20.1. The van der Waals surface area contributed by atoms with E-state index in [1.807, 2.05) is 0 Å². The summed E-state index contributed by atoms with van der Waals surface area (Å²) >= 11 is 0. The van der Waals surface area contributed by atoms with Gasteiger partial charge in [-0.15, -0.1) is 0 Å². The number of hydrogen-bond acceptors (Lipinski definition) is 4. The zero-order chi connectivity index (χ0) is 22.5. The van der Waals surface area contributed by atoms with Crippen LogP contribution in [0.15, 0.2) is 10.2 Å². The van der Waals surface area contributed by atoms with E-state index in [-0.39, 0.29) is 11.8 Å². The van der Waals surface area contributed by atoms with Gasteiger partial charge in [-0.05, 0) is 88.9 Å². The summed E-state index contributed by atoms with van der Waals surface area (Å²) in [5.41, 5.74) is 7.73. The summed E-state index contributed by atoms with van der Waals surface area (Å²) in [6.45, 7) is 4.14. The molecule has 6 atom stereocenters. The van der Waals surface area contributed by atoms with E-state index < -0.39 is 0 Å². The molecular weight excluding hydrogens is 400 g/mol. The molecule has 0 radical (unpaired) electrons. The quantitative estimate of drug-likeness (QED) is 0.262. The second-order valence-electron chi connectivity index (χ2n) is 11.1. The van der Waals surface area contributed by atoms with Crippen molar-refractivity contribution >= 4 is 23.2 Å². The van der Waals surface area contributed by atoms with Crippen molar-refractivity contribution < 1.29 is 9.59 Å². The minimum atomic E-state index is 0.00989. The molecule has 4 aliphatic carbocycles. The van der Waals surface area contributed by atoms with Crippen LogP contribution in [0.1, 0.15) is 104 Å². The fraction of sp³-hybridized carbons (Fsp3) is 0.846. The lowest BCUT2D eigenvalue weighted by molar-refractivity contribution is -0.122. The molecule has 0 heterocycles. The third kappa shape index (κ3) is 5.99. The van der Waals surface area contributed by atoms with Crippen LogP contribution in [0.3, 0.4) is 0 Å². The Kier molecular flexibility index (Phi) is 8.01. The summed E-state index contributed by atoms with van der Waals surface area (Å²) in [6.07, 6.45) is 15.3. The fourth-order valence-corrected chi connectivity index (χ4v) is 7.02. The monoisotopic (exact) mass is 442 g/mol. The first-order valence-corrected chi connectivity index (χ1v) is 13.2. The Morgan fingerprint density at radius 3 is 1.44 bits per heavy atom. The number of hydrogen-bond donors (Lipinski definition) is 2. The van der Waals surface area contributed by atoms with Gasteiger partial charge in [0.05, 0.1) is 0 Å². The smallest absolute Gasteiger partial charge is 0.240 e. The molecule has 4 aliphatic rings. The largest absolute Gasteiger partial charge is 0.273 e. The lowest BCUT2D eigenvalue weighted by Gasteiger charge is -2.21. The molecule has 0 saturated heterocycles. The van der Waals surface area contributed by atoms with Crippen LogP contribution in [0.4, 0.5) is 0 Å². The molecule has 6 nitrogen and oxygen atoms in total. The summed E-state index contributed by atoms with van der Waals surface area (Å²) < 4.78 is 0. The SMILES string of the molecule is CC(=NNC(=O)CCCCCCC(=O)NN=C(C)C1CC2CCC1C2)C1CC2CCC1C2. The molecule has 0 aromatic heterocycles.